The van der Waals surface area contributed by atoms with Gasteiger partial charge in [-0.05, 0) is 30.8 Å². The van der Waals surface area contributed by atoms with E-state index in [9.17, 15) is 4.79 Å². The van der Waals surface area contributed by atoms with Gasteiger partial charge in [-0.2, -0.15) is 0 Å². The van der Waals surface area contributed by atoms with Crippen molar-refractivity contribution < 1.29 is 9.53 Å². The van der Waals surface area contributed by atoms with E-state index >= 15 is 0 Å². The SMILES string of the molecule is C[C@H]1Oc2cccnc2N(C)C(=O)[C@H]1NCl. The van der Waals surface area contributed by atoms with Gasteiger partial charge in [0.15, 0.2) is 11.6 Å². The molecule has 1 aromatic rings. The van der Waals surface area contributed by atoms with E-state index in [1.54, 1.807) is 32.3 Å². The Morgan fingerprint density at radius 2 is 2.38 bits per heavy atom. The van der Waals surface area contributed by atoms with Gasteiger partial charge >= 0.3 is 0 Å². The number of likely N-dealkylation sites (N-methyl/N-ethyl adjacent to an activating group) is 1. The van der Waals surface area contributed by atoms with E-state index in [0.717, 1.165) is 0 Å². The standard InChI is InChI=1S/C10H12ClN3O2/c1-6-8(13-11)10(15)14(2)9-7(16-6)4-3-5-12-9/h3-6,8,13H,1-2H3/t6-,8+/m1/s1. The summed E-state index contributed by atoms with van der Waals surface area (Å²) in [5.41, 5.74) is 0. The lowest BCUT2D eigenvalue weighted by molar-refractivity contribution is -0.121. The molecule has 0 unspecified atom stereocenters. The highest BCUT2D eigenvalue weighted by atomic mass is 35.5. The van der Waals surface area contributed by atoms with Crippen LogP contribution >= 0.6 is 11.8 Å². The number of fused-ring (bicyclic) bond motifs is 1. The molecule has 0 bridgehead atoms. The van der Waals surface area contributed by atoms with E-state index in [-0.39, 0.29) is 12.0 Å². The molecular weight excluding hydrogens is 230 g/mol. The Morgan fingerprint density at radius 3 is 3.06 bits per heavy atom. The number of hydrogen-bond acceptors (Lipinski definition) is 4. The van der Waals surface area contributed by atoms with E-state index in [0.29, 0.717) is 11.6 Å². The van der Waals surface area contributed by atoms with E-state index in [1.807, 2.05) is 0 Å². The minimum Gasteiger partial charge on any atom is -0.485 e. The molecule has 0 spiro atoms. The number of aromatic nitrogens is 1. The molecule has 0 saturated heterocycles. The van der Waals surface area contributed by atoms with Crippen molar-refractivity contribution in [2.75, 3.05) is 11.9 Å². The van der Waals surface area contributed by atoms with Gasteiger partial charge in [0.25, 0.3) is 0 Å². The Morgan fingerprint density at radius 1 is 1.62 bits per heavy atom. The highest BCUT2D eigenvalue weighted by Crippen LogP contribution is 2.29. The third-order valence-electron chi connectivity index (χ3n) is 2.57. The van der Waals surface area contributed by atoms with Crippen LogP contribution < -0.4 is 14.5 Å². The molecule has 5 nitrogen and oxygen atoms in total. The monoisotopic (exact) mass is 241 g/mol. The van der Waals surface area contributed by atoms with Crippen LogP contribution in [0.15, 0.2) is 18.3 Å². The zero-order valence-electron chi connectivity index (χ0n) is 8.98. The van der Waals surface area contributed by atoms with Gasteiger partial charge in [-0.3, -0.25) is 9.69 Å². The van der Waals surface area contributed by atoms with E-state index in [2.05, 4.69) is 9.82 Å². The van der Waals surface area contributed by atoms with Crippen LogP contribution in [0.25, 0.3) is 0 Å². The van der Waals surface area contributed by atoms with Crippen molar-refractivity contribution in [2.24, 2.45) is 0 Å². The quantitative estimate of drug-likeness (QED) is 0.744. The molecule has 1 aliphatic heterocycles. The second-order valence-corrected chi connectivity index (χ2v) is 3.85. The normalized spacial score (nSPS) is 24.7. The molecule has 86 valence electrons. The predicted octanol–water partition coefficient (Wildman–Crippen LogP) is 0.937. The van der Waals surface area contributed by atoms with E-state index < -0.39 is 6.04 Å². The molecule has 0 aliphatic carbocycles. The molecule has 1 N–H and O–H groups in total. The summed E-state index contributed by atoms with van der Waals surface area (Å²) in [5.74, 6) is 0.925. The van der Waals surface area contributed by atoms with E-state index in [4.69, 9.17) is 16.5 Å². The summed E-state index contributed by atoms with van der Waals surface area (Å²) < 4.78 is 5.63. The van der Waals surface area contributed by atoms with Crippen LogP contribution in [0.5, 0.6) is 5.75 Å². The summed E-state index contributed by atoms with van der Waals surface area (Å²) in [7, 11) is 1.65. The van der Waals surface area contributed by atoms with Crippen LogP contribution in [0.3, 0.4) is 0 Å². The summed E-state index contributed by atoms with van der Waals surface area (Å²) in [4.78, 5) is 20.0. The summed E-state index contributed by atoms with van der Waals surface area (Å²) in [6.45, 7) is 1.79. The molecule has 0 fully saturated rings. The fourth-order valence-corrected chi connectivity index (χ4v) is 1.91. The van der Waals surface area contributed by atoms with Gasteiger partial charge in [0, 0.05) is 13.2 Å². The number of nitrogens with zero attached hydrogens (tertiary/aromatic N) is 2. The number of nitrogens with one attached hydrogen (secondary N) is 1. The maximum atomic E-state index is 12.0. The topological polar surface area (TPSA) is 54.5 Å². The first-order valence-electron chi connectivity index (χ1n) is 4.90. The molecule has 16 heavy (non-hydrogen) atoms. The number of anilines is 1. The number of carbonyl (C=O) groups excluding carboxylic acids is 1. The summed E-state index contributed by atoms with van der Waals surface area (Å²) in [5, 5.41) is 0. The van der Waals surface area contributed by atoms with Gasteiger partial charge in [0.1, 0.15) is 12.1 Å². The number of rotatable bonds is 1. The number of pyridine rings is 1. The van der Waals surface area contributed by atoms with Crippen molar-refractivity contribution >= 4 is 23.5 Å². The number of carbonyl (C=O) groups is 1. The Hall–Kier alpha value is -1.33. The zero-order chi connectivity index (χ0) is 11.7. The second-order valence-electron chi connectivity index (χ2n) is 3.63. The van der Waals surface area contributed by atoms with Crippen molar-refractivity contribution in [1.82, 2.24) is 9.82 Å². The molecular formula is C10H12ClN3O2. The highest BCUT2D eigenvalue weighted by molar-refractivity contribution is 6.16. The van der Waals surface area contributed by atoms with Gasteiger partial charge in [-0.25, -0.2) is 9.82 Å². The molecule has 0 aromatic carbocycles. The van der Waals surface area contributed by atoms with Gasteiger partial charge in [-0.15, -0.1) is 0 Å². The van der Waals surface area contributed by atoms with Crippen LogP contribution in [0.1, 0.15) is 6.92 Å². The Labute approximate surface area is 98.5 Å². The second kappa shape index (κ2) is 4.27. The smallest absolute Gasteiger partial charge is 0.250 e. The molecule has 2 atom stereocenters. The minimum absolute atomic E-state index is 0.167. The van der Waals surface area contributed by atoms with Gasteiger partial charge in [-0.1, -0.05) is 0 Å². The Bertz CT molecular complexity index is 413. The third kappa shape index (κ3) is 1.72. The molecule has 1 amide bonds. The van der Waals surface area contributed by atoms with Crippen LogP contribution in [-0.2, 0) is 4.79 Å². The van der Waals surface area contributed by atoms with E-state index in [1.165, 1.54) is 4.90 Å². The van der Waals surface area contributed by atoms with Crippen molar-refractivity contribution in [2.45, 2.75) is 19.1 Å². The average Bonchev–Trinajstić information content (AvgIpc) is 2.37. The van der Waals surface area contributed by atoms with Crippen molar-refractivity contribution in [3.8, 4) is 5.75 Å². The van der Waals surface area contributed by atoms with Crippen LogP contribution in [0.2, 0.25) is 0 Å². The first-order chi connectivity index (χ1) is 7.65. The zero-order valence-corrected chi connectivity index (χ0v) is 9.73. The lowest BCUT2D eigenvalue weighted by atomic mass is 10.2. The molecule has 1 aromatic heterocycles. The molecule has 1 aliphatic rings. The summed E-state index contributed by atoms with van der Waals surface area (Å²) >= 11 is 5.55. The van der Waals surface area contributed by atoms with Crippen LogP contribution in [0, 0.1) is 0 Å². The van der Waals surface area contributed by atoms with Crippen molar-refractivity contribution in [3.05, 3.63) is 18.3 Å². The number of ether oxygens (including phenoxy) is 1. The molecule has 0 saturated carbocycles. The van der Waals surface area contributed by atoms with Gasteiger partial charge < -0.3 is 4.74 Å². The largest absolute Gasteiger partial charge is 0.485 e. The first-order valence-corrected chi connectivity index (χ1v) is 5.28. The van der Waals surface area contributed by atoms with Crippen LogP contribution in [0.4, 0.5) is 5.82 Å². The molecule has 6 heteroatoms. The Kier molecular flexibility index (Phi) is 2.98. The molecule has 2 heterocycles. The van der Waals surface area contributed by atoms with Crippen molar-refractivity contribution in [3.63, 3.8) is 0 Å². The summed E-state index contributed by atoms with van der Waals surface area (Å²) in [6.07, 6.45) is 1.27. The van der Waals surface area contributed by atoms with Gasteiger partial charge in [0.2, 0.25) is 5.91 Å². The average molecular weight is 242 g/mol. The number of hydrogen-bond donors (Lipinski definition) is 1. The maximum Gasteiger partial charge on any atom is 0.250 e. The Balaban J connectivity index is 2.45. The molecule has 2 rings (SSSR count). The molecule has 0 radical (unpaired) electrons. The fraction of sp³-hybridized carbons (Fsp3) is 0.400. The highest BCUT2D eigenvalue weighted by Gasteiger charge is 2.34. The maximum absolute atomic E-state index is 12.0. The van der Waals surface area contributed by atoms with Crippen LogP contribution in [-0.4, -0.2) is 30.1 Å². The summed E-state index contributed by atoms with van der Waals surface area (Å²) in [6, 6.07) is 2.96. The fourth-order valence-electron chi connectivity index (χ4n) is 1.64. The minimum atomic E-state index is -0.583. The predicted molar refractivity (Wildman–Crippen MR) is 60.5 cm³/mol. The number of amides is 1. The lowest BCUT2D eigenvalue weighted by Crippen LogP contribution is -2.48. The van der Waals surface area contributed by atoms with Crippen molar-refractivity contribution in [1.29, 1.82) is 0 Å². The number of halogens is 1. The first kappa shape index (κ1) is 11.2. The third-order valence-corrected chi connectivity index (χ3v) is 2.80. The van der Waals surface area contributed by atoms with Gasteiger partial charge in [0.05, 0.1) is 0 Å². The lowest BCUT2D eigenvalue weighted by Gasteiger charge is -2.20.